The summed E-state index contributed by atoms with van der Waals surface area (Å²) < 4.78 is 16.8. The molecule has 0 aliphatic heterocycles. The van der Waals surface area contributed by atoms with Crippen molar-refractivity contribution >= 4 is 17.9 Å². The maximum absolute atomic E-state index is 12.8. The van der Waals surface area contributed by atoms with Gasteiger partial charge in [0, 0.05) is 19.3 Å². The Bertz CT molecular complexity index is 1120. The Balaban J connectivity index is 4.40. The first-order chi connectivity index (χ1) is 30.0. The summed E-state index contributed by atoms with van der Waals surface area (Å²) in [6.45, 7) is 6.49. The average Bonchev–Trinajstić information content (AvgIpc) is 3.26. The van der Waals surface area contributed by atoms with E-state index in [1.54, 1.807) is 0 Å². The van der Waals surface area contributed by atoms with Crippen molar-refractivity contribution in [3.8, 4) is 0 Å². The molecule has 0 N–H and O–H groups in total. The van der Waals surface area contributed by atoms with E-state index in [4.69, 9.17) is 14.2 Å². The molecule has 0 rings (SSSR count). The van der Waals surface area contributed by atoms with Crippen molar-refractivity contribution in [2.24, 2.45) is 0 Å². The van der Waals surface area contributed by atoms with Gasteiger partial charge in [0.1, 0.15) is 13.2 Å². The van der Waals surface area contributed by atoms with Gasteiger partial charge in [-0.2, -0.15) is 0 Å². The molecule has 0 aromatic heterocycles. The molecule has 0 bridgehead atoms. The second-order valence-electron chi connectivity index (χ2n) is 17.1. The zero-order valence-corrected chi connectivity index (χ0v) is 40.2. The van der Waals surface area contributed by atoms with Crippen LogP contribution in [0.4, 0.5) is 0 Å². The van der Waals surface area contributed by atoms with Crippen LogP contribution in [-0.4, -0.2) is 37.2 Å². The van der Waals surface area contributed by atoms with Gasteiger partial charge in [0.05, 0.1) is 0 Å². The maximum Gasteiger partial charge on any atom is 0.306 e. The summed E-state index contributed by atoms with van der Waals surface area (Å²) in [7, 11) is 0. The molecule has 0 amide bonds. The molecule has 0 aliphatic carbocycles. The summed E-state index contributed by atoms with van der Waals surface area (Å²) in [4.78, 5) is 37.9. The molecular weight excluding hydrogens is 757 g/mol. The fourth-order valence-corrected chi connectivity index (χ4v) is 7.13. The highest BCUT2D eigenvalue weighted by molar-refractivity contribution is 5.71. The van der Waals surface area contributed by atoms with E-state index in [0.717, 1.165) is 109 Å². The zero-order chi connectivity index (χ0) is 44.4. The molecule has 6 heteroatoms. The molecule has 0 heterocycles. The topological polar surface area (TPSA) is 78.9 Å². The van der Waals surface area contributed by atoms with Crippen LogP contribution in [0.5, 0.6) is 0 Å². The molecule has 352 valence electrons. The number of allylic oxidation sites excluding steroid dienone is 10. The number of unbranched alkanes of at least 4 members (excludes halogenated alkanes) is 25. The molecule has 0 aromatic carbocycles. The number of esters is 3. The molecule has 1 atom stereocenters. The van der Waals surface area contributed by atoms with Crippen LogP contribution >= 0.6 is 0 Å². The molecule has 0 saturated carbocycles. The van der Waals surface area contributed by atoms with E-state index in [2.05, 4.69) is 81.5 Å². The summed E-state index contributed by atoms with van der Waals surface area (Å²) in [5.41, 5.74) is 0. The van der Waals surface area contributed by atoms with Crippen LogP contribution in [0.1, 0.15) is 252 Å². The van der Waals surface area contributed by atoms with Gasteiger partial charge in [0.25, 0.3) is 0 Å². The van der Waals surface area contributed by atoms with E-state index in [1.807, 2.05) is 0 Å². The van der Waals surface area contributed by atoms with Crippen molar-refractivity contribution in [3.05, 3.63) is 60.8 Å². The lowest BCUT2D eigenvalue weighted by Gasteiger charge is -2.18. The molecule has 0 fully saturated rings. The van der Waals surface area contributed by atoms with Crippen molar-refractivity contribution in [2.75, 3.05) is 13.2 Å². The summed E-state index contributed by atoms with van der Waals surface area (Å²) >= 11 is 0. The van der Waals surface area contributed by atoms with Gasteiger partial charge >= 0.3 is 17.9 Å². The second-order valence-corrected chi connectivity index (χ2v) is 17.1. The van der Waals surface area contributed by atoms with E-state index in [9.17, 15) is 14.4 Å². The molecule has 0 radical (unpaired) electrons. The third-order valence-electron chi connectivity index (χ3n) is 11.0. The van der Waals surface area contributed by atoms with Crippen LogP contribution in [0.15, 0.2) is 60.8 Å². The summed E-state index contributed by atoms with van der Waals surface area (Å²) in [5, 5.41) is 0. The molecule has 0 aromatic rings. The molecule has 1 unspecified atom stereocenters. The Morgan fingerprint density at radius 1 is 0.344 bits per heavy atom. The fraction of sp³-hybridized carbons (Fsp3) is 0.764. The standard InChI is InChI=1S/C55H96O6/c1-4-7-10-13-16-19-22-24-26-28-30-31-33-36-39-42-45-48-54(57)60-51-52(50-59-53(56)47-44-41-38-35-21-18-15-12-9-6-3)61-55(58)49-46-43-40-37-34-32-29-27-25-23-20-17-14-11-8-5-2/h7,10,16,19,24,26-27,29-31,52H,4-6,8-9,11-15,17-18,20-23,25,28,32-51H2,1-3H3/b10-7-,19-16-,26-24-,29-27-,31-30-. The lowest BCUT2D eigenvalue weighted by Crippen LogP contribution is -2.30. The van der Waals surface area contributed by atoms with Crippen LogP contribution in [0.2, 0.25) is 0 Å². The fourth-order valence-electron chi connectivity index (χ4n) is 7.13. The zero-order valence-electron chi connectivity index (χ0n) is 40.2. The molecule has 0 saturated heterocycles. The SMILES string of the molecule is CC/C=C\C/C=C\C/C=C\C/C=C\CCCCCCC(=O)OCC(COC(=O)CCCCCCCCCCCC)OC(=O)CCCCCCC/C=C\CCCCCCCCC. The van der Waals surface area contributed by atoms with E-state index < -0.39 is 6.10 Å². The van der Waals surface area contributed by atoms with Crippen molar-refractivity contribution in [1.29, 1.82) is 0 Å². The molecule has 0 aliphatic rings. The number of carbonyl (C=O) groups excluding carboxylic acids is 3. The normalized spacial score (nSPS) is 12.5. The van der Waals surface area contributed by atoms with Gasteiger partial charge in [-0.1, -0.05) is 210 Å². The Kier molecular flexibility index (Phi) is 47.4. The highest BCUT2D eigenvalue weighted by Gasteiger charge is 2.19. The van der Waals surface area contributed by atoms with Crippen molar-refractivity contribution in [1.82, 2.24) is 0 Å². The Hall–Kier alpha value is -2.89. The van der Waals surface area contributed by atoms with Gasteiger partial charge in [-0.25, -0.2) is 0 Å². The predicted molar refractivity (Wildman–Crippen MR) is 261 cm³/mol. The number of ether oxygens (including phenoxy) is 3. The largest absolute Gasteiger partial charge is 0.462 e. The Labute approximate surface area is 377 Å². The minimum absolute atomic E-state index is 0.0839. The van der Waals surface area contributed by atoms with Crippen molar-refractivity contribution in [2.45, 2.75) is 258 Å². The van der Waals surface area contributed by atoms with Gasteiger partial charge in [0.2, 0.25) is 0 Å². The molecule has 0 spiro atoms. The van der Waals surface area contributed by atoms with Gasteiger partial charge in [-0.3, -0.25) is 14.4 Å². The van der Waals surface area contributed by atoms with Gasteiger partial charge < -0.3 is 14.2 Å². The number of hydrogen-bond donors (Lipinski definition) is 0. The van der Waals surface area contributed by atoms with Crippen LogP contribution in [-0.2, 0) is 28.6 Å². The van der Waals surface area contributed by atoms with Crippen LogP contribution in [0, 0.1) is 0 Å². The third kappa shape index (κ3) is 48.0. The smallest absolute Gasteiger partial charge is 0.306 e. The lowest BCUT2D eigenvalue weighted by molar-refractivity contribution is -0.167. The minimum Gasteiger partial charge on any atom is -0.462 e. The summed E-state index contributed by atoms with van der Waals surface area (Å²) in [6.07, 6.45) is 60.6. The van der Waals surface area contributed by atoms with E-state index in [1.165, 1.54) is 103 Å². The van der Waals surface area contributed by atoms with E-state index in [0.29, 0.717) is 19.3 Å². The van der Waals surface area contributed by atoms with Crippen LogP contribution in [0.3, 0.4) is 0 Å². The Morgan fingerprint density at radius 3 is 1.02 bits per heavy atom. The van der Waals surface area contributed by atoms with Crippen LogP contribution in [0.25, 0.3) is 0 Å². The molecule has 61 heavy (non-hydrogen) atoms. The Morgan fingerprint density at radius 2 is 0.639 bits per heavy atom. The van der Waals surface area contributed by atoms with Crippen molar-refractivity contribution in [3.63, 3.8) is 0 Å². The molecular formula is C55H96O6. The number of hydrogen-bond acceptors (Lipinski definition) is 6. The highest BCUT2D eigenvalue weighted by atomic mass is 16.6. The lowest BCUT2D eigenvalue weighted by atomic mass is 10.1. The van der Waals surface area contributed by atoms with Crippen LogP contribution < -0.4 is 0 Å². The summed E-state index contributed by atoms with van der Waals surface area (Å²) in [5.74, 6) is -0.914. The highest BCUT2D eigenvalue weighted by Crippen LogP contribution is 2.14. The predicted octanol–water partition coefficient (Wildman–Crippen LogP) is 16.9. The number of rotatable bonds is 46. The van der Waals surface area contributed by atoms with E-state index in [-0.39, 0.29) is 31.1 Å². The third-order valence-corrected chi connectivity index (χ3v) is 11.0. The first kappa shape index (κ1) is 58.1. The minimum atomic E-state index is -0.785. The monoisotopic (exact) mass is 853 g/mol. The maximum atomic E-state index is 12.8. The first-order valence-electron chi connectivity index (χ1n) is 25.8. The molecule has 6 nitrogen and oxygen atoms in total. The quantitative estimate of drug-likeness (QED) is 0.0263. The van der Waals surface area contributed by atoms with Gasteiger partial charge in [-0.05, 0) is 83.5 Å². The van der Waals surface area contributed by atoms with E-state index >= 15 is 0 Å². The second kappa shape index (κ2) is 49.8. The van der Waals surface area contributed by atoms with Crippen molar-refractivity contribution < 1.29 is 28.6 Å². The first-order valence-corrected chi connectivity index (χ1v) is 25.8. The van der Waals surface area contributed by atoms with Gasteiger partial charge in [0.15, 0.2) is 6.10 Å². The average molecular weight is 853 g/mol. The number of carbonyl (C=O) groups is 3. The summed E-state index contributed by atoms with van der Waals surface area (Å²) in [6, 6.07) is 0. The van der Waals surface area contributed by atoms with Gasteiger partial charge in [-0.15, -0.1) is 0 Å².